The molecule has 5 heteroatoms. The lowest BCUT2D eigenvalue weighted by atomic mass is 9.86. The first-order chi connectivity index (χ1) is 9.56. The van der Waals surface area contributed by atoms with Gasteiger partial charge in [0, 0.05) is 11.1 Å². The third-order valence-corrected chi connectivity index (χ3v) is 4.06. The Morgan fingerprint density at radius 1 is 1.40 bits per heavy atom. The fourth-order valence-corrected chi connectivity index (χ4v) is 2.76. The molecule has 0 aromatic heterocycles. The quantitative estimate of drug-likeness (QED) is 0.892. The zero-order valence-corrected chi connectivity index (χ0v) is 12.3. The molecule has 2 atom stereocenters. The molecule has 0 saturated heterocycles. The van der Waals surface area contributed by atoms with Crippen molar-refractivity contribution in [1.82, 2.24) is 5.32 Å². The molecule has 2 rings (SSSR count). The maximum Gasteiger partial charge on any atom is 0.239 e. The van der Waals surface area contributed by atoms with Crippen molar-refractivity contribution in [1.29, 1.82) is 0 Å². The van der Waals surface area contributed by atoms with E-state index in [2.05, 4.69) is 17.6 Å². The molecule has 0 spiro atoms. The number of benzene rings is 1. The van der Waals surface area contributed by atoms with Gasteiger partial charge in [0.2, 0.25) is 5.91 Å². The van der Waals surface area contributed by atoms with Gasteiger partial charge in [-0.05, 0) is 37.0 Å². The van der Waals surface area contributed by atoms with Crippen LogP contribution in [0.5, 0.6) is 0 Å². The Morgan fingerprint density at radius 3 is 2.85 bits per heavy atom. The van der Waals surface area contributed by atoms with Crippen LogP contribution in [0.1, 0.15) is 32.6 Å². The number of nitrogens with one attached hydrogen (secondary N) is 2. The molecule has 1 aliphatic carbocycles. The van der Waals surface area contributed by atoms with E-state index in [1.54, 1.807) is 6.07 Å². The first-order valence-electron chi connectivity index (χ1n) is 7.04. The molecule has 1 aliphatic rings. The molecular weight excluding hydrogens is 279 g/mol. The van der Waals surface area contributed by atoms with E-state index < -0.39 is 5.82 Å². The van der Waals surface area contributed by atoms with Crippen LogP contribution in [0.15, 0.2) is 18.2 Å². The zero-order valence-electron chi connectivity index (χ0n) is 11.6. The SMILES string of the molecule is C[C@@H]1CCCC[C@H]1NC(=O)CNc1ccc(Cl)cc1F. The van der Waals surface area contributed by atoms with Gasteiger partial charge in [-0.15, -0.1) is 0 Å². The average Bonchev–Trinajstić information content (AvgIpc) is 2.40. The highest BCUT2D eigenvalue weighted by Crippen LogP contribution is 2.23. The molecule has 1 saturated carbocycles. The average molecular weight is 299 g/mol. The van der Waals surface area contributed by atoms with E-state index >= 15 is 0 Å². The number of rotatable bonds is 4. The van der Waals surface area contributed by atoms with E-state index in [-0.39, 0.29) is 18.5 Å². The maximum atomic E-state index is 13.5. The van der Waals surface area contributed by atoms with Gasteiger partial charge in [0.05, 0.1) is 12.2 Å². The molecule has 1 aromatic rings. The highest BCUT2D eigenvalue weighted by Gasteiger charge is 2.22. The monoisotopic (exact) mass is 298 g/mol. The van der Waals surface area contributed by atoms with Crippen LogP contribution in [0, 0.1) is 11.7 Å². The molecule has 3 nitrogen and oxygen atoms in total. The second kappa shape index (κ2) is 6.93. The maximum absolute atomic E-state index is 13.5. The van der Waals surface area contributed by atoms with Crippen LogP contribution >= 0.6 is 11.6 Å². The number of amides is 1. The Labute approximate surface area is 123 Å². The van der Waals surface area contributed by atoms with E-state index in [4.69, 9.17) is 11.6 Å². The molecular formula is C15H20ClFN2O. The summed E-state index contributed by atoms with van der Waals surface area (Å²) in [4.78, 5) is 11.9. The molecule has 110 valence electrons. The fourth-order valence-electron chi connectivity index (χ4n) is 2.60. The first-order valence-corrected chi connectivity index (χ1v) is 7.42. The van der Waals surface area contributed by atoms with Crippen molar-refractivity contribution >= 4 is 23.2 Å². The van der Waals surface area contributed by atoms with Crippen LogP contribution in [0.25, 0.3) is 0 Å². The lowest BCUT2D eigenvalue weighted by Crippen LogP contribution is -2.43. The fraction of sp³-hybridized carbons (Fsp3) is 0.533. The molecule has 1 amide bonds. The molecule has 0 heterocycles. The molecule has 1 aromatic carbocycles. The van der Waals surface area contributed by atoms with Crippen LogP contribution in [0.3, 0.4) is 0 Å². The van der Waals surface area contributed by atoms with Crippen molar-refractivity contribution < 1.29 is 9.18 Å². The van der Waals surface area contributed by atoms with Crippen molar-refractivity contribution in [2.75, 3.05) is 11.9 Å². The van der Waals surface area contributed by atoms with Gasteiger partial charge in [-0.3, -0.25) is 4.79 Å². The summed E-state index contributed by atoms with van der Waals surface area (Å²) < 4.78 is 13.5. The predicted molar refractivity (Wildman–Crippen MR) is 79.5 cm³/mol. The predicted octanol–water partition coefficient (Wildman–Crippen LogP) is 3.59. The van der Waals surface area contributed by atoms with Gasteiger partial charge < -0.3 is 10.6 Å². The number of halogens is 2. The van der Waals surface area contributed by atoms with Gasteiger partial charge in [0.25, 0.3) is 0 Å². The largest absolute Gasteiger partial charge is 0.374 e. The Morgan fingerprint density at radius 2 is 2.15 bits per heavy atom. The molecule has 2 N–H and O–H groups in total. The molecule has 0 radical (unpaired) electrons. The summed E-state index contributed by atoms with van der Waals surface area (Å²) in [6.07, 6.45) is 4.59. The minimum Gasteiger partial charge on any atom is -0.374 e. The van der Waals surface area contributed by atoms with Crippen molar-refractivity contribution in [3.8, 4) is 0 Å². The summed E-state index contributed by atoms with van der Waals surface area (Å²) in [6.45, 7) is 2.23. The van der Waals surface area contributed by atoms with Crippen LogP contribution in [-0.2, 0) is 4.79 Å². The van der Waals surface area contributed by atoms with Crippen LogP contribution in [0.2, 0.25) is 5.02 Å². The normalized spacial score (nSPS) is 22.4. The Balaban J connectivity index is 1.82. The standard InChI is InChI=1S/C15H20ClFN2O/c1-10-4-2-3-5-13(10)19-15(20)9-18-14-7-6-11(16)8-12(14)17/h6-8,10,13,18H,2-5,9H2,1H3,(H,19,20)/t10-,13-/m1/s1. The second-order valence-electron chi connectivity index (χ2n) is 5.41. The molecule has 0 bridgehead atoms. The number of hydrogen-bond acceptors (Lipinski definition) is 2. The lowest BCUT2D eigenvalue weighted by molar-refractivity contribution is -0.120. The lowest BCUT2D eigenvalue weighted by Gasteiger charge is -2.29. The van der Waals surface area contributed by atoms with E-state index in [1.807, 2.05) is 0 Å². The zero-order chi connectivity index (χ0) is 14.5. The minimum atomic E-state index is -0.448. The summed E-state index contributed by atoms with van der Waals surface area (Å²) in [5.41, 5.74) is 0.293. The Bertz CT molecular complexity index is 481. The van der Waals surface area contributed by atoms with E-state index in [0.29, 0.717) is 16.6 Å². The van der Waals surface area contributed by atoms with Gasteiger partial charge in [-0.25, -0.2) is 4.39 Å². The van der Waals surface area contributed by atoms with Crippen molar-refractivity contribution in [2.45, 2.75) is 38.6 Å². The Kier molecular flexibility index (Phi) is 5.24. The van der Waals surface area contributed by atoms with Crippen LogP contribution in [0.4, 0.5) is 10.1 Å². The third kappa shape index (κ3) is 4.10. The van der Waals surface area contributed by atoms with Crippen molar-refractivity contribution in [3.05, 3.63) is 29.0 Å². The number of carbonyl (C=O) groups excluding carboxylic acids is 1. The summed E-state index contributed by atoms with van der Waals surface area (Å²) >= 11 is 5.68. The van der Waals surface area contributed by atoms with E-state index in [1.165, 1.54) is 18.6 Å². The smallest absolute Gasteiger partial charge is 0.239 e. The van der Waals surface area contributed by atoms with E-state index in [9.17, 15) is 9.18 Å². The van der Waals surface area contributed by atoms with E-state index in [0.717, 1.165) is 19.3 Å². The summed E-state index contributed by atoms with van der Waals surface area (Å²) in [5, 5.41) is 6.16. The highest BCUT2D eigenvalue weighted by molar-refractivity contribution is 6.30. The third-order valence-electron chi connectivity index (χ3n) is 3.83. The molecule has 0 aliphatic heterocycles. The summed E-state index contributed by atoms with van der Waals surface area (Å²) in [5.74, 6) is -0.0330. The number of anilines is 1. The number of carbonyl (C=O) groups is 1. The summed E-state index contributed by atoms with van der Waals surface area (Å²) in [7, 11) is 0. The van der Waals surface area contributed by atoms with Crippen molar-refractivity contribution in [3.63, 3.8) is 0 Å². The Hall–Kier alpha value is -1.29. The minimum absolute atomic E-state index is 0.0712. The molecule has 20 heavy (non-hydrogen) atoms. The van der Waals surface area contributed by atoms with Gasteiger partial charge in [-0.2, -0.15) is 0 Å². The number of hydrogen-bond donors (Lipinski definition) is 2. The van der Waals surface area contributed by atoms with Crippen molar-refractivity contribution in [2.24, 2.45) is 5.92 Å². The topological polar surface area (TPSA) is 41.1 Å². The van der Waals surface area contributed by atoms with Crippen LogP contribution in [-0.4, -0.2) is 18.5 Å². The van der Waals surface area contributed by atoms with Crippen LogP contribution < -0.4 is 10.6 Å². The van der Waals surface area contributed by atoms with Gasteiger partial charge >= 0.3 is 0 Å². The van der Waals surface area contributed by atoms with Gasteiger partial charge in [0.1, 0.15) is 5.82 Å². The highest BCUT2D eigenvalue weighted by atomic mass is 35.5. The molecule has 1 fully saturated rings. The van der Waals surface area contributed by atoms with Gasteiger partial charge in [-0.1, -0.05) is 31.4 Å². The second-order valence-corrected chi connectivity index (χ2v) is 5.85. The summed E-state index contributed by atoms with van der Waals surface area (Å²) in [6, 6.07) is 4.60. The molecule has 0 unspecified atom stereocenters. The first kappa shape index (κ1) is 15.1. The van der Waals surface area contributed by atoms with Gasteiger partial charge in [0.15, 0.2) is 0 Å².